The number of benzene rings is 1. The van der Waals surface area contributed by atoms with Gasteiger partial charge in [0, 0.05) is 0 Å². The molecule has 0 radical (unpaired) electrons. The molecule has 22 heavy (non-hydrogen) atoms. The monoisotopic (exact) mass is 303 g/mol. The molecule has 1 aromatic carbocycles. The fourth-order valence-electron chi connectivity index (χ4n) is 2.11. The number of nitrogens with zero attached hydrogens (tertiary/aromatic N) is 2. The number of hydrogen-bond donors (Lipinski definition) is 2. The average molecular weight is 303 g/mol. The molecule has 1 amide bonds. The summed E-state index contributed by atoms with van der Waals surface area (Å²) in [5, 5.41) is 11.9. The number of fused-ring (bicyclic) bond motifs is 1. The lowest BCUT2D eigenvalue weighted by atomic mass is 10.1. The van der Waals surface area contributed by atoms with Crippen LogP contribution in [0.25, 0.3) is 10.9 Å². The topological polar surface area (TPSA) is 101 Å². The van der Waals surface area contributed by atoms with Crippen molar-refractivity contribution in [3.63, 3.8) is 0 Å². The number of carboxylic acid groups (broad SMARTS) is 1. The molecule has 0 unspecified atom stereocenters. The summed E-state index contributed by atoms with van der Waals surface area (Å²) < 4.78 is 1.16. The Bertz CT molecular complexity index is 767. The Labute approximate surface area is 126 Å². The van der Waals surface area contributed by atoms with Gasteiger partial charge in [0.2, 0.25) is 5.91 Å². The van der Waals surface area contributed by atoms with E-state index in [-0.39, 0.29) is 18.0 Å². The maximum Gasteiger partial charge on any atom is 0.326 e. The second-order valence-electron chi connectivity index (χ2n) is 5.32. The van der Waals surface area contributed by atoms with E-state index in [9.17, 15) is 14.4 Å². The van der Waals surface area contributed by atoms with E-state index in [1.165, 1.54) is 6.33 Å². The van der Waals surface area contributed by atoms with Crippen molar-refractivity contribution in [2.24, 2.45) is 5.92 Å². The number of hydrogen-bond acceptors (Lipinski definition) is 4. The molecule has 0 aliphatic heterocycles. The van der Waals surface area contributed by atoms with Gasteiger partial charge in [-0.15, -0.1) is 0 Å². The molecule has 0 saturated heterocycles. The number of carbonyl (C=O) groups excluding carboxylic acids is 1. The third-order valence-electron chi connectivity index (χ3n) is 3.29. The van der Waals surface area contributed by atoms with E-state index < -0.39 is 17.9 Å². The molecule has 2 N–H and O–H groups in total. The molecule has 0 spiro atoms. The predicted octanol–water partition coefficient (Wildman–Crippen LogP) is 0.622. The zero-order valence-corrected chi connectivity index (χ0v) is 12.3. The first-order valence-electron chi connectivity index (χ1n) is 6.86. The van der Waals surface area contributed by atoms with E-state index in [1.54, 1.807) is 38.1 Å². The number of aliphatic carboxylic acids is 1. The van der Waals surface area contributed by atoms with E-state index in [4.69, 9.17) is 5.11 Å². The molecule has 1 heterocycles. The Morgan fingerprint density at radius 1 is 1.32 bits per heavy atom. The van der Waals surface area contributed by atoms with Crippen molar-refractivity contribution in [2.45, 2.75) is 26.4 Å². The number of carboxylic acids is 1. The molecular weight excluding hydrogens is 286 g/mol. The zero-order chi connectivity index (χ0) is 16.3. The lowest BCUT2D eigenvalue weighted by Crippen LogP contribution is -2.46. The summed E-state index contributed by atoms with van der Waals surface area (Å²) in [5.41, 5.74) is 0.215. The van der Waals surface area contributed by atoms with Gasteiger partial charge in [-0.25, -0.2) is 9.78 Å². The van der Waals surface area contributed by atoms with E-state index in [2.05, 4.69) is 10.3 Å². The molecule has 2 rings (SSSR count). The lowest BCUT2D eigenvalue weighted by molar-refractivity contribution is -0.143. The molecule has 2 aromatic rings. The van der Waals surface area contributed by atoms with Crippen LogP contribution in [0.1, 0.15) is 13.8 Å². The van der Waals surface area contributed by atoms with Crippen LogP contribution in [0.3, 0.4) is 0 Å². The minimum Gasteiger partial charge on any atom is -0.480 e. The van der Waals surface area contributed by atoms with Crippen molar-refractivity contribution in [2.75, 3.05) is 0 Å². The largest absolute Gasteiger partial charge is 0.480 e. The van der Waals surface area contributed by atoms with Crippen molar-refractivity contribution in [3.05, 3.63) is 40.9 Å². The highest BCUT2D eigenvalue weighted by atomic mass is 16.4. The van der Waals surface area contributed by atoms with Gasteiger partial charge in [-0.05, 0) is 18.1 Å². The van der Waals surface area contributed by atoms with Crippen LogP contribution in [0.2, 0.25) is 0 Å². The fraction of sp³-hybridized carbons (Fsp3) is 0.333. The highest BCUT2D eigenvalue weighted by Gasteiger charge is 2.23. The average Bonchev–Trinajstić information content (AvgIpc) is 2.47. The summed E-state index contributed by atoms with van der Waals surface area (Å²) in [6.45, 7) is 3.12. The number of para-hydroxylation sites is 1. The van der Waals surface area contributed by atoms with Gasteiger partial charge in [0.1, 0.15) is 12.6 Å². The zero-order valence-electron chi connectivity index (χ0n) is 12.3. The molecule has 1 aromatic heterocycles. The molecule has 0 bridgehead atoms. The van der Waals surface area contributed by atoms with Gasteiger partial charge in [0.05, 0.1) is 17.2 Å². The Kier molecular flexibility index (Phi) is 4.55. The van der Waals surface area contributed by atoms with Crippen LogP contribution in [0.15, 0.2) is 35.4 Å². The van der Waals surface area contributed by atoms with Crippen molar-refractivity contribution in [1.82, 2.24) is 14.9 Å². The Balaban J connectivity index is 2.20. The first-order valence-corrected chi connectivity index (χ1v) is 6.86. The Morgan fingerprint density at radius 3 is 2.64 bits per heavy atom. The van der Waals surface area contributed by atoms with Crippen molar-refractivity contribution < 1.29 is 14.7 Å². The lowest BCUT2D eigenvalue weighted by Gasteiger charge is -2.18. The highest BCUT2D eigenvalue weighted by molar-refractivity contribution is 5.84. The molecule has 7 nitrogen and oxygen atoms in total. The van der Waals surface area contributed by atoms with Crippen LogP contribution in [-0.2, 0) is 16.1 Å². The predicted molar refractivity (Wildman–Crippen MR) is 80.4 cm³/mol. The van der Waals surface area contributed by atoms with Crippen molar-refractivity contribution in [1.29, 1.82) is 0 Å². The molecule has 0 aliphatic carbocycles. The Morgan fingerprint density at radius 2 is 2.00 bits per heavy atom. The van der Waals surface area contributed by atoms with E-state index in [1.807, 2.05) is 0 Å². The quantitative estimate of drug-likeness (QED) is 0.843. The molecule has 0 aliphatic rings. The second kappa shape index (κ2) is 6.38. The van der Waals surface area contributed by atoms with Gasteiger partial charge in [-0.1, -0.05) is 26.0 Å². The molecule has 0 saturated carbocycles. The molecule has 116 valence electrons. The molecule has 1 atom stereocenters. The summed E-state index contributed by atoms with van der Waals surface area (Å²) in [6.07, 6.45) is 1.29. The number of carbonyl (C=O) groups is 2. The summed E-state index contributed by atoms with van der Waals surface area (Å²) in [7, 11) is 0. The molecule has 7 heteroatoms. The van der Waals surface area contributed by atoms with Gasteiger partial charge in [0.15, 0.2) is 0 Å². The number of amides is 1. The summed E-state index contributed by atoms with van der Waals surface area (Å²) >= 11 is 0. The highest BCUT2D eigenvalue weighted by Crippen LogP contribution is 2.05. The van der Waals surface area contributed by atoms with Gasteiger partial charge in [-0.3, -0.25) is 14.2 Å². The van der Waals surface area contributed by atoms with Crippen LogP contribution in [0, 0.1) is 5.92 Å². The smallest absolute Gasteiger partial charge is 0.326 e. The van der Waals surface area contributed by atoms with Crippen LogP contribution >= 0.6 is 0 Å². The van der Waals surface area contributed by atoms with Crippen LogP contribution in [0.4, 0.5) is 0 Å². The van der Waals surface area contributed by atoms with Gasteiger partial charge in [0.25, 0.3) is 5.56 Å². The number of rotatable bonds is 5. The van der Waals surface area contributed by atoms with Gasteiger partial charge >= 0.3 is 5.97 Å². The number of nitrogens with one attached hydrogen (secondary N) is 1. The van der Waals surface area contributed by atoms with Crippen LogP contribution in [0.5, 0.6) is 0 Å². The normalized spacial score (nSPS) is 12.3. The standard InChI is InChI=1S/C15H17N3O4/c1-9(2)13(15(21)22)17-12(19)7-18-8-16-11-6-4-3-5-10(11)14(18)20/h3-6,8-9,13H,7H2,1-2H3,(H,17,19)(H,21,22)/t13-/m1/s1. The summed E-state index contributed by atoms with van der Waals surface area (Å²) in [6, 6.07) is 5.84. The molecular formula is C15H17N3O4. The SMILES string of the molecule is CC(C)[C@@H](NC(=O)Cn1cnc2ccccc2c1=O)C(=O)O. The Hall–Kier alpha value is -2.70. The summed E-state index contributed by atoms with van der Waals surface area (Å²) in [4.78, 5) is 39.4. The van der Waals surface area contributed by atoms with Crippen molar-refractivity contribution >= 4 is 22.8 Å². The summed E-state index contributed by atoms with van der Waals surface area (Å²) in [5.74, 6) is -1.90. The maximum absolute atomic E-state index is 12.2. The fourth-order valence-corrected chi connectivity index (χ4v) is 2.11. The first-order chi connectivity index (χ1) is 10.4. The van der Waals surface area contributed by atoms with E-state index >= 15 is 0 Å². The van der Waals surface area contributed by atoms with Gasteiger partial charge in [-0.2, -0.15) is 0 Å². The first kappa shape index (κ1) is 15.7. The van der Waals surface area contributed by atoms with Crippen LogP contribution in [-0.4, -0.2) is 32.6 Å². The third kappa shape index (κ3) is 3.30. The van der Waals surface area contributed by atoms with E-state index in [0.717, 1.165) is 4.57 Å². The van der Waals surface area contributed by atoms with Crippen molar-refractivity contribution in [3.8, 4) is 0 Å². The second-order valence-corrected chi connectivity index (χ2v) is 5.32. The van der Waals surface area contributed by atoms with E-state index in [0.29, 0.717) is 10.9 Å². The maximum atomic E-state index is 12.2. The molecule has 0 fully saturated rings. The van der Waals surface area contributed by atoms with Gasteiger partial charge < -0.3 is 10.4 Å². The van der Waals surface area contributed by atoms with Crippen LogP contribution < -0.4 is 10.9 Å². The minimum absolute atomic E-state index is 0.257. The number of aromatic nitrogens is 2. The minimum atomic E-state index is -1.10. The third-order valence-corrected chi connectivity index (χ3v) is 3.29.